The molecule has 0 aliphatic carbocycles. The van der Waals surface area contributed by atoms with Crippen LogP contribution >= 0.6 is 22.6 Å². The Morgan fingerprint density at radius 3 is 2.89 bits per heavy atom. The Bertz CT molecular complexity index is 458. The zero-order valence-corrected chi connectivity index (χ0v) is 12.4. The lowest BCUT2D eigenvalue weighted by molar-refractivity contribution is -0.122. The molecular formula is C13H16FIN2O. The van der Waals surface area contributed by atoms with Gasteiger partial charge in [0.1, 0.15) is 5.82 Å². The van der Waals surface area contributed by atoms with Gasteiger partial charge in [-0.25, -0.2) is 4.39 Å². The normalized spacial score (nSPS) is 23.7. The van der Waals surface area contributed by atoms with E-state index >= 15 is 0 Å². The quantitative estimate of drug-likeness (QED) is 0.795. The molecule has 1 unspecified atom stereocenters. The van der Waals surface area contributed by atoms with Gasteiger partial charge >= 0.3 is 0 Å². The molecule has 1 amide bonds. The maximum absolute atomic E-state index is 13.0. The highest BCUT2D eigenvalue weighted by molar-refractivity contribution is 14.1. The first-order valence-electron chi connectivity index (χ1n) is 6.03. The van der Waals surface area contributed by atoms with Crippen LogP contribution in [0.4, 0.5) is 10.1 Å². The van der Waals surface area contributed by atoms with Crippen molar-refractivity contribution in [1.82, 2.24) is 5.32 Å². The summed E-state index contributed by atoms with van der Waals surface area (Å²) in [7, 11) is 0. The average Bonchev–Trinajstić information content (AvgIpc) is 2.33. The smallest absolute Gasteiger partial charge is 0.244 e. The van der Waals surface area contributed by atoms with Gasteiger partial charge in [0.25, 0.3) is 0 Å². The van der Waals surface area contributed by atoms with E-state index in [9.17, 15) is 9.18 Å². The maximum atomic E-state index is 13.0. The maximum Gasteiger partial charge on any atom is 0.244 e. The molecular weight excluding hydrogens is 346 g/mol. The van der Waals surface area contributed by atoms with Crippen LogP contribution in [-0.4, -0.2) is 18.0 Å². The van der Waals surface area contributed by atoms with Crippen molar-refractivity contribution in [3.8, 4) is 0 Å². The number of carbonyl (C=O) groups excluding carboxylic acids is 1. The van der Waals surface area contributed by atoms with E-state index in [2.05, 4.69) is 10.6 Å². The van der Waals surface area contributed by atoms with Crippen LogP contribution in [0.25, 0.3) is 0 Å². The second-order valence-electron chi connectivity index (χ2n) is 4.79. The van der Waals surface area contributed by atoms with E-state index in [-0.39, 0.29) is 11.7 Å². The number of nitrogens with one attached hydrogen (secondary N) is 2. The van der Waals surface area contributed by atoms with Crippen LogP contribution in [0.5, 0.6) is 0 Å². The molecule has 1 fully saturated rings. The Hall–Kier alpha value is -0.690. The van der Waals surface area contributed by atoms with Crippen molar-refractivity contribution in [3.05, 3.63) is 27.6 Å². The zero-order chi connectivity index (χ0) is 13.2. The molecule has 1 aromatic carbocycles. The standard InChI is InChI=1S/C13H16FIN2O/c1-13(6-2-3-7-16-13)12(18)17-11-5-4-9(14)8-10(11)15/h4-5,8,16H,2-3,6-7H2,1H3,(H,17,18). The van der Waals surface area contributed by atoms with Crippen molar-refractivity contribution in [3.63, 3.8) is 0 Å². The van der Waals surface area contributed by atoms with E-state index in [0.717, 1.165) is 25.8 Å². The number of anilines is 1. The average molecular weight is 362 g/mol. The second kappa shape index (κ2) is 5.52. The molecule has 1 saturated heterocycles. The summed E-state index contributed by atoms with van der Waals surface area (Å²) < 4.78 is 13.7. The van der Waals surface area contributed by atoms with Crippen LogP contribution in [0.1, 0.15) is 26.2 Å². The van der Waals surface area contributed by atoms with E-state index < -0.39 is 5.54 Å². The molecule has 1 aliphatic heterocycles. The molecule has 0 aromatic heterocycles. The van der Waals surface area contributed by atoms with Crippen LogP contribution in [-0.2, 0) is 4.79 Å². The van der Waals surface area contributed by atoms with Gasteiger partial charge in [0.2, 0.25) is 5.91 Å². The molecule has 18 heavy (non-hydrogen) atoms. The lowest BCUT2D eigenvalue weighted by Gasteiger charge is -2.33. The molecule has 0 spiro atoms. The van der Waals surface area contributed by atoms with Crippen molar-refractivity contribution in [2.24, 2.45) is 0 Å². The van der Waals surface area contributed by atoms with Crippen LogP contribution in [0.15, 0.2) is 18.2 Å². The van der Waals surface area contributed by atoms with E-state index in [1.54, 1.807) is 6.07 Å². The number of amides is 1. The van der Waals surface area contributed by atoms with Crippen LogP contribution in [0, 0.1) is 9.39 Å². The topological polar surface area (TPSA) is 41.1 Å². The predicted molar refractivity (Wildman–Crippen MR) is 78.0 cm³/mol. The van der Waals surface area contributed by atoms with Gasteiger partial charge in [-0.2, -0.15) is 0 Å². The Morgan fingerprint density at radius 2 is 2.28 bits per heavy atom. The van der Waals surface area contributed by atoms with Crippen molar-refractivity contribution in [2.75, 3.05) is 11.9 Å². The number of piperidine rings is 1. The number of hydrogen-bond acceptors (Lipinski definition) is 2. The number of hydrogen-bond donors (Lipinski definition) is 2. The molecule has 2 N–H and O–H groups in total. The third-order valence-corrected chi connectivity index (χ3v) is 4.19. The zero-order valence-electron chi connectivity index (χ0n) is 10.2. The molecule has 1 aliphatic rings. The van der Waals surface area contributed by atoms with Gasteiger partial charge in [0, 0.05) is 3.57 Å². The van der Waals surface area contributed by atoms with Gasteiger partial charge in [-0.1, -0.05) is 0 Å². The first kappa shape index (κ1) is 13.7. The summed E-state index contributed by atoms with van der Waals surface area (Å²) in [6.45, 7) is 2.78. The Balaban J connectivity index is 2.11. The molecule has 1 atom stereocenters. The Morgan fingerprint density at radius 1 is 1.50 bits per heavy atom. The third-order valence-electron chi connectivity index (χ3n) is 3.30. The fourth-order valence-electron chi connectivity index (χ4n) is 2.10. The van der Waals surface area contributed by atoms with E-state index in [4.69, 9.17) is 0 Å². The highest BCUT2D eigenvalue weighted by Gasteiger charge is 2.34. The van der Waals surface area contributed by atoms with Crippen LogP contribution < -0.4 is 10.6 Å². The number of benzene rings is 1. The van der Waals surface area contributed by atoms with Crippen LogP contribution in [0.2, 0.25) is 0 Å². The largest absolute Gasteiger partial charge is 0.324 e. The Labute approximate surface area is 120 Å². The predicted octanol–water partition coefficient (Wildman–Crippen LogP) is 2.90. The van der Waals surface area contributed by atoms with Crippen molar-refractivity contribution in [1.29, 1.82) is 0 Å². The summed E-state index contributed by atoms with van der Waals surface area (Å²) in [6, 6.07) is 4.36. The Kier molecular flexibility index (Phi) is 4.21. The fourth-order valence-corrected chi connectivity index (χ4v) is 2.71. The molecule has 0 bridgehead atoms. The molecule has 0 radical (unpaired) electrons. The van der Waals surface area contributed by atoms with Gasteiger partial charge in [-0.3, -0.25) is 4.79 Å². The summed E-state index contributed by atoms with van der Waals surface area (Å²) in [5.74, 6) is -0.342. The minimum Gasteiger partial charge on any atom is -0.324 e. The summed E-state index contributed by atoms with van der Waals surface area (Å²) in [6.07, 6.45) is 2.99. The highest BCUT2D eigenvalue weighted by atomic mass is 127. The van der Waals surface area contributed by atoms with Crippen molar-refractivity contribution >= 4 is 34.2 Å². The van der Waals surface area contributed by atoms with E-state index in [0.29, 0.717) is 9.26 Å². The summed E-state index contributed by atoms with van der Waals surface area (Å²) in [5.41, 5.74) is 0.144. The molecule has 2 rings (SSSR count). The summed E-state index contributed by atoms with van der Waals surface area (Å²) in [5, 5.41) is 6.13. The number of halogens is 2. The van der Waals surface area contributed by atoms with Gasteiger partial charge < -0.3 is 10.6 Å². The SMILES string of the molecule is CC1(C(=O)Nc2ccc(F)cc2I)CCCCN1. The fraction of sp³-hybridized carbons (Fsp3) is 0.462. The highest BCUT2D eigenvalue weighted by Crippen LogP contribution is 2.23. The first-order chi connectivity index (χ1) is 8.51. The second-order valence-corrected chi connectivity index (χ2v) is 5.96. The molecule has 1 aromatic rings. The number of rotatable bonds is 2. The van der Waals surface area contributed by atoms with Gasteiger partial charge in [0.05, 0.1) is 11.2 Å². The van der Waals surface area contributed by atoms with Gasteiger partial charge in [0.15, 0.2) is 0 Å². The minimum absolute atomic E-state index is 0.0493. The van der Waals surface area contributed by atoms with Gasteiger partial charge in [-0.15, -0.1) is 0 Å². The number of carbonyl (C=O) groups is 1. The molecule has 1 heterocycles. The summed E-state index contributed by atoms with van der Waals surface area (Å²) in [4.78, 5) is 12.3. The van der Waals surface area contributed by atoms with Crippen molar-refractivity contribution < 1.29 is 9.18 Å². The van der Waals surface area contributed by atoms with Gasteiger partial charge in [-0.05, 0) is 73.5 Å². The summed E-state index contributed by atoms with van der Waals surface area (Å²) >= 11 is 2.02. The van der Waals surface area contributed by atoms with Crippen molar-refractivity contribution in [2.45, 2.75) is 31.7 Å². The molecule has 98 valence electrons. The van der Waals surface area contributed by atoms with E-state index in [1.807, 2.05) is 29.5 Å². The third kappa shape index (κ3) is 3.00. The monoisotopic (exact) mass is 362 g/mol. The molecule has 3 nitrogen and oxygen atoms in total. The minimum atomic E-state index is -0.518. The first-order valence-corrected chi connectivity index (χ1v) is 7.11. The lowest BCUT2D eigenvalue weighted by atomic mass is 9.90. The molecule has 0 saturated carbocycles. The van der Waals surface area contributed by atoms with E-state index in [1.165, 1.54) is 12.1 Å². The lowest BCUT2D eigenvalue weighted by Crippen LogP contribution is -2.54. The molecule has 5 heteroatoms. The van der Waals surface area contributed by atoms with Crippen LogP contribution in [0.3, 0.4) is 0 Å².